The molecule has 1 atom stereocenters. The lowest BCUT2D eigenvalue weighted by molar-refractivity contribution is -0.556. The van der Waals surface area contributed by atoms with Crippen LogP contribution in [0.1, 0.15) is 28.3 Å². The van der Waals surface area contributed by atoms with Gasteiger partial charge in [0.2, 0.25) is 5.71 Å². The summed E-state index contributed by atoms with van der Waals surface area (Å²) in [6, 6.07) is 26.0. The highest BCUT2D eigenvalue weighted by atomic mass is 127. The van der Waals surface area contributed by atoms with Crippen molar-refractivity contribution in [2.45, 2.75) is 18.8 Å². The van der Waals surface area contributed by atoms with Gasteiger partial charge in [-0.2, -0.15) is 0 Å². The maximum absolute atomic E-state index is 5.52. The van der Waals surface area contributed by atoms with Crippen molar-refractivity contribution in [2.75, 3.05) is 40.5 Å². The summed E-state index contributed by atoms with van der Waals surface area (Å²) in [6.45, 7) is 4.03. The van der Waals surface area contributed by atoms with Crippen LogP contribution in [0, 0.1) is 0 Å². The molecule has 36 heavy (non-hydrogen) atoms. The number of nitrogens with one attached hydrogen (secondary N) is 1. The van der Waals surface area contributed by atoms with Gasteiger partial charge in [0.25, 0.3) is 0 Å². The Kier molecular flexibility index (Phi) is 7.34. The van der Waals surface area contributed by atoms with Crippen molar-refractivity contribution < 1.29 is 38.0 Å². The zero-order valence-electron chi connectivity index (χ0n) is 20.8. The van der Waals surface area contributed by atoms with Gasteiger partial charge in [0.05, 0.1) is 20.1 Å². The van der Waals surface area contributed by atoms with Crippen molar-refractivity contribution in [2.24, 2.45) is 0 Å². The molecule has 3 aromatic carbocycles. The third kappa shape index (κ3) is 4.52. The number of para-hydroxylation sites is 1. The number of hydrogen-bond acceptors (Lipinski definition) is 3. The Morgan fingerprint density at radius 2 is 1.72 bits per heavy atom. The predicted octanol–water partition coefficient (Wildman–Crippen LogP) is 1.85. The molecule has 1 unspecified atom stereocenters. The van der Waals surface area contributed by atoms with E-state index in [-0.39, 0.29) is 24.0 Å². The standard InChI is InChI=1S/C30H31N3O2.HI/c1-34-27-13-12-21(18-28(27)35-2)14-16-32-19-25(22-8-4-3-5-9-22)30-29-24(15-17-33(30)20-32)23-10-6-7-11-26(23)31-29;/h3-13,18,25H,14-17,19-20H2,1-2H3;1H. The quantitative estimate of drug-likeness (QED) is 0.274. The largest absolute Gasteiger partial charge is 1.00 e. The van der Waals surface area contributed by atoms with Gasteiger partial charge in [-0.3, -0.25) is 0 Å². The molecule has 6 heteroatoms. The SMILES string of the molecule is COc1ccc(CCN2CC(c3ccccc3)C3=[N+](CCc4c3[nH]c3ccccc43)C2)cc1OC.[I-]. The minimum absolute atomic E-state index is 0. The highest BCUT2D eigenvalue weighted by Crippen LogP contribution is 2.34. The van der Waals surface area contributed by atoms with Gasteiger partial charge >= 0.3 is 0 Å². The van der Waals surface area contributed by atoms with E-state index in [1.165, 1.54) is 39.0 Å². The number of hydrogen-bond donors (Lipinski definition) is 1. The van der Waals surface area contributed by atoms with Crippen LogP contribution in [0.2, 0.25) is 0 Å². The van der Waals surface area contributed by atoms with Crippen LogP contribution < -0.4 is 33.5 Å². The normalized spacial score (nSPS) is 17.3. The molecule has 0 amide bonds. The molecule has 2 aliphatic heterocycles. The van der Waals surface area contributed by atoms with E-state index in [0.29, 0.717) is 5.92 Å². The third-order valence-electron chi connectivity index (χ3n) is 7.55. The molecule has 0 bridgehead atoms. The maximum Gasteiger partial charge on any atom is 0.210 e. The second-order valence-electron chi connectivity index (χ2n) is 9.54. The van der Waals surface area contributed by atoms with E-state index >= 15 is 0 Å². The zero-order valence-corrected chi connectivity index (χ0v) is 23.0. The summed E-state index contributed by atoms with van der Waals surface area (Å²) in [4.78, 5) is 6.39. The van der Waals surface area contributed by atoms with Crippen LogP contribution >= 0.6 is 0 Å². The van der Waals surface area contributed by atoms with E-state index in [2.05, 4.69) is 81.2 Å². The number of benzene rings is 3. The third-order valence-corrected chi connectivity index (χ3v) is 7.55. The number of methoxy groups -OCH3 is 2. The molecule has 0 aliphatic carbocycles. The van der Waals surface area contributed by atoms with Crippen molar-refractivity contribution in [3.63, 3.8) is 0 Å². The Morgan fingerprint density at radius 1 is 0.944 bits per heavy atom. The van der Waals surface area contributed by atoms with Gasteiger partial charge in [0.15, 0.2) is 18.2 Å². The lowest BCUT2D eigenvalue weighted by atomic mass is 9.86. The molecular weight excluding hydrogens is 561 g/mol. The first kappa shape index (κ1) is 24.8. The zero-order chi connectivity index (χ0) is 23.8. The fourth-order valence-electron chi connectivity index (χ4n) is 5.82. The van der Waals surface area contributed by atoms with Gasteiger partial charge in [-0.25, -0.2) is 9.48 Å². The molecular formula is C30H32IN3O2. The molecule has 1 aromatic heterocycles. The average molecular weight is 594 g/mol. The van der Waals surface area contributed by atoms with Crippen LogP contribution in [0.3, 0.4) is 0 Å². The summed E-state index contributed by atoms with van der Waals surface area (Å²) in [7, 11) is 3.38. The van der Waals surface area contributed by atoms with Crippen LogP contribution in [0.15, 0.2) is 72.8 Å². The molecule has 2 aliphatic rings. The molecule has 1 N–H and O–H groups in total. The highest BCUT2D eigenvalue weighted by molar-refractivity contribution is 6.07. The Morgan fingerprint density at radius 3 is 2.53 bits per heavy atom. The minimum atomic E-state index is 0. The number of aromatic amines is 1. The monoisotopic (exact) mass is 593 g/mol. The summed E-state index contributed by atoms with van der Waals surface area (Å²) in [5, 5.41) is 1.37. The van der Waals surface area contributed by atoms with Gasteiger partial charge in [0, 0.05) is 30.4 Å². The van der Waals surface area contributed by atoms with E-state index < -0.39 is 0 Å². The van der Waals surface area contributed by atoms with Gasteiger partial charge in [0.1, 0.15) is 12.2 Å². The fraction of sp³-hybridized carbons (Fsp3) is 0.300. The molecule has 0 radical (unpaired) electrons. The average Bonchev–Trinajstić information content (AvgIpc) is 3.30. The molecule has 0 spiro atoms. The van der Waals surface area contributed by atoms with E-state index in [0.717, 1.165) is 50.6 Å². The number of aromatic nitrogens is 1. The lowest BCUT2D eigenvalue weighted by Crippen LogP contribution is -3.00. The molecule has 0 saturated heterocycles. The first-order valence-electron chi connectivity index (χ1n) is 12.4. The summed E-state index contributed by atoms with van der Waals surface area (Å²) in [5.41, 5.74) is 8.17. The molecule has 186 valence electrons. The smallest absolute Gasteiger partial charge is 0.210 e. The van der Waals surface area contributed by atoms with E-state index in [1.54, 1.807) is 14.2 Å². The Hall–Kier alpha value is -2.84. The number of H-pyrrole nitrogens is 1. The van der Waals surface area contributed by atoms with Crippen LogP contribution in [0.25, 0.3) is 10.9 Å². The number of nitrogens with zero attached hydrogens (tertiary/aromatic N) is 2. The van der Waals surface area contributed by atoms with Crippen LogP contribution in [0.4, 0.5) is 0 Å². The van der Waals surface area contributed by atoms with Gasteiger partial charge < -0.3 is 38.4 Å². The molecule has 6 rings (SSSR count). The van der Waals surface area contributed by atoms with E-state index in [1.807, 2.05) is 6.07 Å². The molecule has 0 fully saturated rings. The first-order chi connectivity index (χ1) is 17.2. The molecule has 4 aromatic rings. The van der Waals surface area contributed by atoms with Crippen LogP contribution in [-0.2, 0) is 12.8 Å². The number of rotatable bonds is 6. The first-order valence-corrected chi connectivity index (χ1v) is 12.4. The Balaban J connectivity index is 0.00000267. The van der Waals surface area contributed by atoms with Crippen molar-refractivity contribution in [1.82, 2.24) is 9.88 Å². The summed E-state index contributed by atoms with van der Waals surface area (Å²) in [5.74, 6) is 1.91. The van der Waals surface area contributed by atoms with Crippen LogP contribution in [0.5, 0.6) is 11.5 Å². The van der Waals surface area contributed by atoms with Gasteiger partial charge in [-0.1, -0.05) is 54.6 Å². The van der Waals surface area contributed by atoms with Crippen molar-refractivity contribution in [3.8, 4) is 11.5 Å². The number of ether oxygens (including phenoxy) is 2. The van der Waals surface area contributed by atoms with Crippen molar-refractivity contribution in [1.29, 1.82) is 0 Å². The second kappa shape index (κ2) is 10.6. The topological polar surface area (TPSA) is 40.5 Å². The van der Waals surface area contributed by atoms with Crippen LogP contribution in [-0.4, -0.2) is 60.7 Å². The fourth-order valence-corrected chi connectivity index (χ4v) is 5.82. The number of fused-ring (bicyclic) bond motifs is 4. The lowest BCUT2D eigenvalue weighted by Gasteiger charge is -2.34. The van der Waals surface area contributed by atoms with E-state index in [4.69, 9.17) is 9.47 Å². The maximum atomic E-state index is 5.52. The summed E-state index contributed by atoms with van der Waals surface area (Å²) >= 11 is 0. The Labute approximate surface area is 229 Å². The van der Waals surface area contributed by atoms with Crippen molar-refractivity contribution >= 4 is 16.6 Å². The highest BCUT2D eigenvalue weighted by Gasteiger charge is 2.40. The predicted molar refractivity (Wildman–Crippen MR) is 140 cm³/mol. The molecule has 5 nitrogen and oxygen atoms in total. The molecule has 3 heterocycles. The second-order valence-corrected chi connectivity index (χ2v) is 9.54. The van der Waals surface area contributed by atoms with Gasteiger partial charge in [-0.05, 0) is 41.3 Å². The Bertz CT molecular complexity index is 1400. The summed E-state index contributed by atoms with van der Waals surface area (Å²) < 4.78 is 13.5. The minimum Gasteiger partial charge on any atom is -1.00 e. The van der Waals surface area contributed by atoms with Gasteiger partial charge in [-0.15, -0.1) is 0 Å². The van der Waals surface area contributed by atoms with Crippen molar-refractivity contribution in [3.05, 3.63) is 95.2 Å². The number of halogens is 1. The molecule has 0 saturated carbocycles. The van der Waals surface area contributed by atoms with E-state index in [9.17, 15) is 0 Å². The summed E-state index contributed by atoms with van der Waals surface area (Å²) in [6.07, 6.45) is 2.05.